The van der Waals surface area contributed by atoms with Gasteiger partial charge in [-0.3, -0.25) is 4.99 Å². The van der Waals surface area contributed by atoms with Gasteiger partial charge in [0.25, 0.3) is 10.0 Å². The Morgan fingerprint density at radius 3 is 2.48 bits per heavy atom. The largest absolute Gasteiger partial charge is 0.487 e. The van der Waals surface area contributed by atoms with E-state index in [0.717, 1.165) is 28.9 Å². The number of carbonyl (C=O) groups is 2. The SMILES string of the molecule is Cc1c(C)c(S(=O)(=O)NC(N)=NCCC[C@@H](NC(=O)OCc2ccccc2)C(=O)O)c(C)c2c1OC(C)(C)CC2. The highest BCUT2D eigenvalue weighted by molar-refractivity contribution is 7.90. The van der Waals surface area contributed by atoms with Crippen LogP contribution in [0, 0.1) is 20.8 Å². The lowest BCUT2D eigenvalue weighted by molar-refractivity contribution is -0.139. The topological polar surface area (TPSA) is 169 Å². The Balaban J connectivity index is 1.59. The first kappa shape index (κ1) is 30.7. The molecule has 1 atom stereocenters. The number of nitrogens with two attached hydrogens (primary N) is 1. The molecule has 0 fully saturated rings. The molecule has 0 saturated heterocycles. The minimum Gasteiger partial charge on any atom is -0.487 e. The number of fused-ring (bicyclic) bond motifs is 1. The van der Waals surface area contributed by atoms with Crippen LogP contribution in [0.4, 0.5) is 4.79 Å². The Bertz CT molecular complexity index is 1390. The first-order chi connectivity index (χ1) is 18.7. The van der Waals surface area contributed by atoms with E-state index in [1.54, 1.807) is 38.1 Å². The predicted octanol–water partition coefficient (Wildman–Crippen LogP) is 3.47. The van der Waals surface area contributed by atoms with Gasteiger partial charge in [0, 0.05) is 6.54 Å². The molecule has 0 saturated carbocycles. The number of sulfonamides is 1. The average molecular weight is 575 g/mol. The minimum atomic E-state index is -4.05. The van der Waals surface area contributed by atoms with E-state index in [0.29, 0.717) is 17.5 Å². The van der Waals surface area contributed by atoms with E-state index in [9.17, 15) is 23.1 Å². The summed E-state index contributed by atoms with van der Waals surface area (Å²) in [6.45, 7) is 9.41. The number of carboxylic acids is 1. The van der Waals surface area contributed by atoms with E-state index in [1.165, 1.54) is 0 Å². The van der Waals surface area contributed by atoms with Crippen LogP contribution in [0.1, 0.15) is 60.9 Å². The number of carbonyl (C=O) groups excluding carboxylic acids is 1. The molecular weight excluding hydrogens is 536 g/mol. The van der Waals surface area contributed by atoms with Crippen LogP contribution in [0.3, 0.4) is 0 Å². The van der Waals surface area contributed by atoms with E-state index in [-0.39, 0.29) is 42.4 Å². The lowest BCUT2D eigenvalue weighted by Gasteiger charge is -2.35. The lowest BCUT2D eigenvalue weighted by atomic mass is 9.88. The molecule has 11 nitrogen and oxygen atoms in total. The van der Waals surface area contributed by atoms with Crippen LogP contribution in [-0.2, 0) is 32.6 Å². The summed E-state index contributed by atoms with van der Waals surface area (Å²) in [5, 5.41) is 11.8. The second-order valence-electron chi connectivity index (χ2n) is 10.5. The Labute approximate surface area is 235 Å². The number of rotatable bonds is 10. The van der Waals surface area contributed by atoms with Crippen LogP contribution < -0.4 is 20.5 Å². The van der Waals surface area contributed by atoms with Crippen molar-refractivity contribution in [2.45, 2.75) is 83.4 Å². The van der Waals surface area contributed by atoms with Gasteiger partial charge in [-0.2, -0.15) is 0 Å². The van der Waals surface area contributed by atoms with Crippen molar-refractivity contribution in [1.29, 1.82) is 0 Å². The van der Waals surface area contributed by atoms with E-state index < -0.39 is 28.1 Å². The van der Waals surface area contributed by atoms with Crippen LogP contribution in [-0.4, -0.2) is 49.7 Å². The molecule has 12 heteroatoms. The van der Waals surface area contributed by atoms with Crippen molar-refractivity contribution >= 4 is 28.0 Å². The molecule has 1 heterocycles. The second-order valence-corrected chi connectivity index (χ2v) is 12.1. The maximum Gasteiger partial charge on any atom is 0.408 e. The molecule has 0 aliphatic carbocycles. The number of carboxylic acid groups (broad SMARTS) is 1. The van der Waals surface area contributed by atoms with Crippen LogP contribution >= 0.6 is 0 Å². The highest BCUT2D eigenvalue weighted by Crippen LogP contribution is 2.42. The van der Waals surface area contributed by atoms with E-state index in [4.69, 9.17) is 15.2 Å². The number of benzene rings is 2. The Kier molecular flexibility index (Phi) is 9.67. The summed E-state index contributed by atoms with van der Waals surface area (Å²) >= 11 is 0. The van der Waals surface area contributed by atoms with Gasteiger partial charge in [-0.1, -0.05) is 30.3 Å². The number of amides is 1. The standard InChI is InChI=1S/C28H38N4O7S/c1-17-18(2)24(19(3)21-13-14-28(4,5)39-23(17)21)40(36,37)32-26(29)30-15-9-12-22(25(33)34)31-27(35)38-16-20-10-7-6-8-11-20/h6-8,10-11,22H,9,12-16H2,1-5H3,(H,31,35)(H,33,34)(H3,29,30,32)/t22-/m1/s1. The van der Waals surface area contributed by atoms with Crippen molar-refractivity contribution in [2.75, 3.05) is 6.54 Å². The minimum absolute atomic E-state index is 0.00762. The molecule has 2 aromatic rings. The first-order valence-corrected chi connectivity index (χ1v) is 14.5. The van der Waals surface area contributed by atoms with Gasteiger partial charge in [-0.05, 0) is 88.1 Å². The molecule has 0 spiro atoms. The lowest BCUT2D eigenvalue weighted by Crippen LogP contribution is -2.41. The number of alkyl carbamates (subject to hydrolysis) is 1. The van der Waals surface area contributed by atoms with Crippen molar-refractivity contribution in [3.8, 4) is 5.75 Å². The van der Waals surface area contributed by atoms with E-state index >= 15 is 0 Å². The number of hydrogen-bond donors (Lipinski definition) is 4. The fraction of sp³-hybridized carbons (Fsp3) is 0.464. The number of aliphatic carboxylic acids is 1. The third-order valence-electron chi connectivity index (χ3n) is 6.91. The van der Waals surface area contributed by atoms with Crippen molar-refractivity contribution in [1.82, 2.24) is 10.0 Å². The van der Waals surface area contributed by atoms with Gasteiger partial charge in [0.15, 0.2) is 0 Å². The predicted molar refractivity (Wildman–Crippen MR) is 151 cm³/mol. The summed E-state index contributed by atoms with van der Waals surface area (Å²) in [6.07, 6.45) is 0.864. The monoisotopic (exact) mass is 574 g/mol. The zero-order valence-corrected chi connectivity index (χ0v) is 24.4. The van der Waals surface area contributed by atoms with Gasteiger partial charge >= 0.3 is 12.1 Å². The number of guanidine groups is 1. The van der Waals surface area contributed by atoms with Crippen LogP contribution in [0.25, 0.3) is 0 Å². The van der Waals surface area contributed by atoms with Crippen molar-refractivity contribution in [2.24, 2.45) is 10.7 Å². The normalized spacial score (nSPS) is 15.4. The average Bonchev–Trinajstić information content (AvgIpc) is 2.87. The van der Waals surface area contributed by atoms with Gasteiger partial charge in [0.1, 0.15) is 24.0 Å². The van der Waals surface area contributed by atoms with Gasteiger partial charge < -0.3 is 25.6 Å². The summed E-state index contributed by atoms with van der Waals surface area (Å²) in [6, 6.07) is 7.79. The molecule has 218 valence electrons. The third-order valence-corrected chi connectivity index (χ3v) is 8.54. The Morgan fingerprint density at radius 1 is 1.15 bits per heavy atom. The Morgan fingerprint density at radius 2 is 1.82 bits per heavy atom. The zero-order valence-electron chi connectivity index (χ0n) is 23.5. The van der Waals surface area contributed by atoms with Gasteiger partial charge in [-0.15, -0.1) is 0 Å². The highest BCUT2D eigenvalue weighted by atomic mass is 32.2. The summed E-state index contributed by atoms with van der Waals surface area (Å²) < 4.78 is 40.2. The second kappa shape index (κ2) is 12.6. The van der Waals surface area contributed by atoms with Crippen LogP contribution in [0.2, 0.25) is 0 Å². The number of ether oxygens (including phenoxy) is 2. The van der Waals surface area contributed by atoms with Crippen LogP contribution in [0.5, 0.6) is 5.75 Å². The number of hydrogen-bond acceptors (Lipinski definition) is 7. The maximum absolute atomic E-state index is 13.3. The molecule has 3 rings (SSSR count). The summed E-state index contributed by atoms with van der Waals surface area (Å²) in [4.78, 5) is 27.8. The molecule has 0 aromatic heterocycles. The molecule has 40 heavy (non-hydrogen) atoms. The molecule has 1 aliphatic rings. The zero-order chi connectivity index (χ0) is 29.7. The van der Waals surface area contributed by atoms with Crippen LogP contribution in [0.15, 0.2) is 40.2 Å². The summed E-state index contributed by atoms with van der Waals surface area (Å²) in [7, 11) is -4.05. The van der Waals surface area contributed by atoms with Crippen molar-refractivity contribution in [3.63, 3.8) is 0 Å². The molecule has 0 unspecified atom stereocenters. The summed E-state index contributed by atoms with van der Waals surface area (Å²) in [5.74, 6) is -0.804. The van der Waals surface area contributed by atoms with Gasteiger partial charge in [0.05, 0.1) is 4.90 Å². The number of nitrogens with one attached hydrogen (secondary N) is 2. The summed E-state index contributed by atoms with van der Waals surface area (Å²) in [5.41, 5.74) is 9.15. The van der Waals surface area contributed by atoms with E-state index in [2.05, 4.69) is 15.0 Å². The fourth-order valence-corrected chi connectivity index (χ4v) is 6.16. The van der Waals surface area contributed by atoms with Gasteiger partial charge in [-0.25, -0.2) is 22.7 Å². The number of aliphatic imine (C=N–C) groups is 1. The Hall–Kier alpha value is -3.80. The van der Waals surface area contributed by atoms with Crippen molar-refractivity contribution < 1.29 is 32.6 Å². The maximum atomic E-state index is 13.3. The molecule has 1 amide bonds. The molecule has 1 aliphatic heterocycles. The first-order valence-electron chi connectivity index (χ1n) is 13.1. The third kappa shape index (κ3) is 7.65. The molecule has 0 bridgehead atoms. The van der Waals surface area contributed by atoms with Gasteiger partial charge in [0.2, 0.25) is 5.96 Å². The molecule has 5 N–H and O–H groups in total. The number of nitrogens with zero attached hydrogens (tertiary/aromatic N) is 1. The van der Waals surface area contributed by atoms with E-state index in [1.807, 2.05) is 26.8 Å². The molecule has 0 radical (unpaired) electrons. The highest BCUT2D eigenvalue weighted by Gasteiger charge is 2.33. The fourth-order valence-electron chi connectivity index (χ4n) is 4.63. The molecular formula is C28H38N4O7S. The molecule has 2 aromatic carbocycles. The quantitative estimate of drug-likeness (QED) is 0.190. The van der Waals surface area contributed by atoms with Crippen molar-refractivity contribution in [3.05, 3.63) is 58.1 Å². The smallest absolute Gasteiger partial charge is 0.408 e.